The minimum absolute atomic E-state index is 0.0836. The summed E-state index contributed by atoms with van der Waals surface area (Å²) in [6.45, 7) is 7.12. The van der Waals surface area contributed by atoms with E-state index in [0.29, 0.717) is 37.0 Å². The van der Waals surface area contributed by atoms with Gasteiger partial charge in [0, 0.05) is 18.6 Å². The van der Waals surface area contributed by atoms with Crippen LogP contribution < -0.4 is 11.5 Å². The molecule has 0 atom stereocenters. The van der Waals surface area contributed by atoms with E-state index in [2.05, 4.69) is 18.8 Å². The molecule has 2 rings (SSSR count). The summed E-state index contributed by atoms with van der Waals surface area (Å²) in [5.74, 6) is -0.152. The zero-order chi connectivity index (χ0) is 32.5. The predicted octanol–water partition coefficient (Wildman–Crippen LogP) is 10.3. The number of ether oxygens (including phenoxy) is 2. The van der Waals surface area contributed by atoms with E-state index in [0.717, 1.165) is 37.2 Å². The number of anilines is 2. The first-order chi connectivity index (χ1) is 22.0. The number of nitrogens with zero attached hydrogens (tertiary/aromatic N) is 2. The van der Waals surface area contributed by atoms with Crippen LogP contribution in [0.25, 0.3) is 10.9 Å². The Bertz CT molecular complexity index is 1080. The average molecular weight is 629 g/mol. The molecule has 0 saturated heterocycles. The summed E-state index contributed by atoms with van der Waals surface area (Å²) in [4.78, 5) is 15.5. The molecular weight excluding hydrogens is 564 g/mol. The summed E-state index contributed by atoms with van der Waals surface area (Å²) in [5, 5.41) is 12.4. The third-order valence-electron chi connectivity index (χ3n) is 8.88. The van der Waals surface area contributed by atoms with Crippen molar-refractivity contribution in [2.75, 3.05) is 37.9 Å². The zero-order valence-corrected chi connectivity index (χ0v) is 28.7. The van der Waals surface area contributed by atoms with Crippen LogP contribution in [-0.4, -0.2) is 36.3 Å². The Morgan fingerprint density at radius 2 is 1.09 bits per heavy atom. The molecule has 256 valence electrons. The van der Waals surface area contributed by atoms with Gasteiger partial charge in [0.1, 0.15) is 5.69 Å². The Hall–Kier alpha value is -2.45. The maximum Gasteiger partial charge on any atom is 0.334 e. The highest BCUT2D eigenvalue weighted by Gasteiger charge is 2.24. The molecule has 0 fully saturated rings. The van der Waals surface area contributed by atoms with Gasteiger partial charge in [-0.1, -0.05) is 135 Å². The molecule has 0 amide bonds. The van der Waals surface area contributed by atoms with Crippen molar-refractivity contribution in [3.63, 3.8) is 0 Å². The molecule has 1 aromatic heterocycles. The van der Waals surface area contributed by atoms with Gasteiger partial charge < -0.3 is 20.9 Å². The highest BCUT2D eigenvalue weighted by Crippen LogP contribution is 2.37. The van der Waals surface area contributed by atoms with Crippen LogP contribution >= 0.6 is 0 Å². The molecule has 0 unspecified atom stereocenters. The molecule has 4 N–H and O–H groups in total. The normalized spacial score (nSPS) is 11.5. The van der Waals surface area contributed by atoms with E-state index in [4.69, 9.17) is 20.9 Å². The van der Waals surface area contributed by atoms with Crippen molar-refractivity contribution in [1.82, 2.24) is 4.98 Å². The molecule has 1 heterocycles. The number of fused-ring (bicyclic) bond motifs is 1. The second kappa shape index (κ2) is 24.7. The van der Waals surface area contributed by atoms with Crippen molar-refractivity contribution in [2.45, 2.75) is 155 Å². The number of pyridine rings is 1. The van der Waals surface area contributed by atoms with Crippen LogP contribution in [0.5, 0.6) is 0 Å². The van der Waals surface area contributed by atoms with E-state index in [-0.39, 0.29) is 17.2 Å². The summed E-state index contributed by atoms with van der Waals surface area (Å²) in [6, 6.07) is 3.89. The molecule has 0 aliphatic rings. The average Bonchev–Trinajstić information content (AvgIpc) is 3.02. The topological polar surface area (TPSA) is 127 Å². The van der Waals surface area contributed by atoms with Crippen molar-refractivity contribution in [2.24, 2.45) is 0 Å². The maximum atomic E-state index is 11.7. The van der Waals surface area contributed by atoms with Gasteiger partial charge in [-0.05, 0) is 42.9 Å². The molecule has 0 radical (unpaired) electrons. The first kappa shape index (κ1) is 38.7. The number of nitro groups is 1. The molecule has 2 aromatic rings. The van der Waals surface area contributed by atoms with Gasteiger partial charge in [0.2, 0.25) is 5.82 Å². The van der Waals surface area contributed by atoms with Crippen LogP contribution in [-0.2, 0) is 22.3 Å². The largest absolute Gasteiger partial charge is 0.392 e. The van der Waals surface area contributed by atoms with Crippen molar-refractivity contribution in [3.8, 4) is 0 Å². The van der Waals surface area contributed by atoms with Crippen LogP contribution in [0.15, 0.2) is 12.1 Å². The predicted molar refractivity (Wildman–Crippen MR) is 190 cm³/mol. The standard InChI is InChI=1S/C37H64N4O4/c1-3-5-7-9-11-13-15-17-19-21-27-44-29-25-31-23-24-33-34(35(38)36(41(42)43)37(39)40-33)32(31)26-30-45-28-22-20-18-16-14-12-10-8-6-4-2/h23-24H,3-22,25-30H2,1-2H3,(H4,38,39,40). The molecule has 0 saturated carbocycles. The number of unbranched alkanes of at least 4 members (excludes halogenated alkanes) is 18. The fourth-order valence-electron chi connectivity index (χ4n) is 6.17. The smallest absolute Gasteiger partial charge is 0.334 e. The van der Waals surface area contributed by atoms with E-state index in [9.17, 15) is 10.1 Å². The number of benzene rings is 1. The minimum Gasteiger partial charge on any atom is -0.392 e. The number of nitrogens with two attached hydrogens (primary N) is 2. The second-order valence-corrected chi connectivity index (χ2v) is 12.7. The van der Waals surface area contributed by atoms with Crippen LogP contribution in [0.1, 0.15) is 153 Å². The first-order valence-electron chi connectivity index (χ1n) is 18.3. The van der Waals surface area contributed by atoms with Crippen LogP contribution in [0, 0.1) is 10.1 Å². The van der Waals surface area contributed by atoms with Crippen LogP contribution in [0.4, 0.5) is 17.2 Å². The van der Waals surface area contributed by atoms with E-state index in [1.54, 1.807) is 0 Å². The van der Waals surface area contributed by atoms with Gasteiger partial charge in [-0.15, -0.1) is 0 Å². The van der Waals surface area contributed by atoms with Gasteiger partial charge >= 0.3 is 5.69 Å². The lowest BCUT2D eigenvalue weighted by Gasteiger charge is -2.16. The molecule has 45 heavy (non-hydrogen) atoms. The Morgan fingerprint density at radius 3 is 1.56 bits per heavy atom. The summed E-state index contributed by atoms with van der Waals surface area (Å²) in [7, 11) is 0. The lowest BCUT2D eigenvalue weighted by molar-refractivity contribution is -0.383. The fraction of sp³-hybridized carbons (Fsp3) is 0.757. The Kier molecular flexibility index (Phi) is 21.3. The third-order valence-corrected chi connectivity index (χ3v) is 8.88. The number of rotatable bonds is 29. The van der Waals surface area contributed by atoms with Gasteiger partial charge in [-0.25, -0.2) is 4.98 Å². The zero-order valence-electron chi connectivity index (χ0n) is 28.7. The summed E-state index contributed by atoms with van der Waals surface area (Å²) >= 11 is 0. The molecular formula is C37H64N4O4. The summed E-state index contributed by atoms with van der Waals surface area (Å²) in [5.41, 5.74) is 14.7. The molecule has 0 spiro atoms. The van der Waals surface area contributed by atoms with E-state index < -0.39 is 4.92 Å². The lowest BCUT2D eigenvalue weighted by atomic mass is 9.95. The Labute approximate surface area is 273 Å². The van der Waals surface area contributed by atoms with Crippen molar-refractivity contribution < 1.29 is 14.4 Å². The summed E-state index contributed by atoms with van der Waals surface area (Å²) < 4.78 is 12.0. The lowest BCUT2D eigenvalue weighted by Crippen LogP contribution is -2.10. The molecule has 0 bridgehead atoms. The second-order valence-electron chi connectivity index (χ2n) is 12.7. The van der Waals surface area contributed by atoms with Crippen molar-refractivity contribution in [3.05, 3.63) is 33.4 Å². The Morgan fingerprint density at radius 1 is 0.644 bits per heavy atom. The number of nitrogen functional groups attached to an aromatic ring is 2. The highest BCUT2D eigenvalue weighted by atomic mass is 16.6. The first-order valence-corrected chi connectivity index (χ1v) is 18.3. The van der Waals surface area contributed by atoms with Crippen LogP contribution in [0.3, 0.4) is 0 Å². The number of hydrogen-bond donors (Lipinski definition) is 2. The van der Waals surface area contributed by atoms with Crippen molar-refractivity contribution >= 4 is 28.1 Å². The van der Waals surface area contributed by atoms with Gasteiger partial charge in [-0.3, -0.25) is 10.1 Å². The summed E-state index contributed by atoms with van der Waals surface area (Å²) in [6.07, 6.45) is 27.2. The SMILES string of the molecule is CCCCCCCCCCCCOCCc1ccc2nc(N)c([N+](=O)[O-])c(N)c2c1CCOCCCCCCCCCCCC. The molecule has 0 aliphatic carbocycles. The number of aromatic nitrogens is 1. The van der Waals surface area contributed by atoms with E-state index in [1.807, 2.05) is 12.1 Å². The quantitative estimate of drug-likeness (QED) is 0.0521. The highest BCUT2D eigenvalue weighted by molar-refractivity contribution is 6.00. The third kappa shape index (κ3) is 15.6. The van der Waals surface area contributed by atoms with Gasteiger partial charge in [0.25, 0.3) is 0 Å². The van der Waals surface area contributed by atoms with E-state index in [1.165, 1.54) is 116 Å². The van der Waals surface area contributed by atoms with Gasteiger partial charge in [0.05, 0.1) is 23.7 Å². The minimum atomic E-state index is -0.537. The number of hydrogen-bond acceptors (Lipinski definition) is 7. The van der Waals surface area contributed by atoms with Gasteiger partial charge in [0.15, 0.2) is 0 Å². The maximum absolute atomic E-state index is 11.7. The van der Waals surface area contributed by atoms with Gasteiger partial charge in [-0.2, -0.15) is 0 Å². The fourth-order valence-corrected chi connectivity index (χ4v) is 6.17. The van der Waals surface area contributed by atoms with E-state index >= 15 is 0 Å². The van der Waals surface area contributed by atoms with Crippen LogP contribution in [0.2, 0.25) is 0 Å². The molecule has 8 nitrogen and oxygen atoms in total. The Balaban J connectivity index is 1.82. The molecule has 0 aliphatic heterocycles. The van der Waals surface area contributed by atoms with Crippen molar-refractivity contribution in [1.29, 1.82) is 0 Å². The molecule has 1 aromatic carbocycles. The molecule has 8 heteroatoms. The monoisotopic (exact) mass is 628 g/mol.